The zero-order chi connectivity index (χ0) is 13.9. The van der Waals surface area contributed by atoms with Gasteiger partial charge in [-0.25, -0.2) is 4.98 Å². The SMILES string of the molecule is COCc1nc(-c2cnccn2)sc1-c1nnc(N)s1. The fourth-order valence-corrected chi connectivity index (χ4v) is 3.33. The molecule has 3 aromatic rings. The van der Waals surface area contributed by atoms with Gasteiger partial charge in [0.05, 0.1) is 23.4 Å². The number of methoxy groups -OCH3 is 1. The maximum Gasteiger partial charge on any atom is 0.203 e. The second-order valence-corrected chi connectivity index (χ2v) is 5.77. The van der Waals surface area contributed by atoms with Crippen molar-refractivity contribution in [1.29, 1.82) is 0 Å². The second kappa shape index (κ2) is 5.57. The molecule has 0 saturated carbocycles. The maximum absolute atomic E-state index is 5.63. The van der Waals surface area contributed by atoms with Crippen LogP contribution < -0.4 is 5.73 Å². The molecule has 2 N–H and O–H groups in total. The summed E-state index contributed by atoms with van der Waals surface area (Å²) < 4.78 is 5.18. The summed E-state index contributed by atoms with van der Waals surface area (Å²) in [5, 5.41) is 9.83. The first-order valence-electron chi connectivity index (χ1n) is 5.62. The summed E-state index contributed by atoms with van der Waals surface area (Å²) in [5.41, 5.74) is 7.15. The van der Waals surface area contributed by atoms with Crippen LogP contribution in [0.2, 0.25) is 0 Å². The molecule has 0 saturated heterocycles. The van der Waals surface area contributed by atoms with Crippen molar-refractivity contribution in [3.63, 3.8) is 0 Å². The summed E-state index contributed by atoms with van der Waals surface area (Å²) in [4.78, 5) is 13.7. The van der Waals surface area contributed by atoms with Crippen molar-refractivity contribution in [2.45, 2.75) is 6.61 Å². The third-order valence-electron chi connectivity index (χ3n) is 2.40. The quantitative estimate of drug-likeness (QED) is 0.785. The molecule has 0 atom stereocenters. The molecule has 3 rings (SSSR count). The molecule has 0 spiro atoms. The number of aromatic nitrogens is 5. The van der Waals surface area contributed by atoms with E-state index in [2.05, 4.69) is 25.1 Å². The Kier molecular flexibility index (Phi) is 3.63. The Morgan fingerprint density at radius 1 is 1.20 bits per heavy atom. The Labute approximate surface area is 122 Å². The fourth-order valence-electron chi connectivity index (χ4n) is 1.60. The van der Waals surface area contributed by atoms with Gasteiger partial charge in [-0.15, -0.1) is 21.5 Å². The van der Waals surface area contributed by atoms with Gasteiger partial charge in [-0.1, -0.05) is 11.3 Å². The Bertz CT molecular complexity index is 711. The first-order chi connectivity index (χ1) is 9.78. The normalized spacial score (nSPS) is 10.8. The summed E-state index contributed by atoms with van der Waals surface area (Å²) in [6.45, 7) is 0.394. The molecule has 0 bridgehead atoms. The molecule has 102 valence electrons. The van der Waals surface area contributed by atoms with Crippen LogP contribution in [0.3, 0.4) is 0 Å². The van der Waals surface area contributed by atoms with E-state index in [1.807, 2.05) is 0 Å². The number of ether oxygens (including phenoxy) is 1. The van der Waals surface area contributed by atoms with Gasteiger partial charge >= 0.3 is 0 Å². The zero-order valence-corrected chi connectivity index (χ0v) is 12.1. The highest BCUT2D eigenvalue weighted by Gasteiger charge is 2.18. The maximum atomic E-state index is 5.63. The molecule has 20 heavy (non-hydrogen) atoms. The van der Waals surface area contributed by atoms with E-state index in [0.717, 1.165) is 26.3 Å². The van der Waals surface area contributed by atoms with Crippen molar-refractivity contribution in [1.82, 2.24) is 25.1 Å². The van der Waals surface area contributed by atoms with Gasteiger partial charge in [0.15, 0.2) is 5.01 Å². The third-order valence-corrected chi connectivity index (χ3v) is 4.42. The van der Waals surface area contributed by atoms with Crippen LogP contribution in [0.25, 0.3) is 20.6 Å². The molecule has 3 heterocycles. The number of nitrogens with two attached hydrogens (primary N) is 1. The average Bonchev–Trinajstić information content (AvgIpc) is 3.07. The Balaban J connectivity index is 2.07. The third kappa shape index (κ3) is 2.50. The topological polar surface area (TPSA) is 99.7 Å². The van der Waals surface area contributed by atoms with E-state index in [9.17, 15) is 0 Å². The number of hydrogen-bond donors (Lipinski definition) is 1. The number of nitrogens with zero attached hydrogens (tertiary/aromatic N) is 5. The lowest BCUT2D eigenvalue weighted by Crippen LogP contribution is -1.91. The van der Waals surface area contributed by atoms with E-state index in [4.69, 9.17) is 10.5 Å². The van der Waals surface area contributed by atoms with Crippen molar-refractivity contribution in [3.05, 3.63) is 24.3 Å². The smallest absolute Gasteiger partial charge is 0.203 e. The van der Waals surface area contributed by atoms with Crippen LogP contribution >= 0.6 is 22.7 Å². The van der Waals surface area contributed by atoms with Gasteiger partial charge in [0.25, 0.3) is 0 Å². The Morgan fingerprint density at radius 2 is 2.10 bits per heavy atom. The molecule has 0 aliphatic carbocycles. The summed E-state index contributed by atoms with van der Waals surface area (Å²) in [7, 11) is 1.62. The van der Waals surface area contributed by atoms with Gasteiger partial charge in [-0.3, -0.25) is 9.97 Å². The molecule has 0 fully saturated rings. The van der Waals surface area contributed by atoms with Crippen LogP contribution in [0.1, 0.15) is 5.69 Å². The van der Waals surface area contributed by atoms with E-state index in [1.165, 1.54) is 22.7 Å². The molecule has 0 radical (unpaired) electrons. The van der Waals surface area contributed by atoms with E-state index in [-0.39, 0.29) is 0 Å². The predicted molar refractivity (Wildman–Crippen MR) is 77.2 cm³/mol. The molecular weight excluding hydrogens is 296 g/mol. The molecule has 0 aromatic carbocycles. The van der Waals surface area contributed by atoms with E-state index >= 15 is 0 Å². The van der Waals surface area contributed by atoms with Crippen molar-refractivity contribution >= 4 is 27.8 Å². The summed E-state index contributed by atoms with van der Waals surface area (Å²) in [5.74, 6) is 0. The largest absolute Gasteiger partial charge is 0.378 e. The van der Waals surface area contributed by atoms with Crippen LogP contribution in [0.15, 0.2) is 18.6 Å². The van der Waals surface area contributed by atoms with Crippen LogP contribution in [0.4, 0.5) is 5.13 Å². The molecule has 9 heteroatoms. The summed E-state index contributed by atoms with van der Waals surface area (Å²) in [6.07, 6.45) is 4.93. The van der Waals surface area contributed by atoms with Crippen LogP contribution in [-0.2, 0) is 11.3 Å². The highest BCUT2D eigenvalue weighted by Crippen LogP contribution is 2.36. The van der Waals surface area contributed by atoms with Gasteiger partial charge in [0.1, 0.15) is 10.7 Å². The van der Waals surface area contributed by atoms with Gasteiger partial charge < -0.3 is 10.5 Å². The molecule has 0 aliphatic rings. The number of nitrogen functional groups attached to an aromatic ring is 1. The van der Waals surface area contributed by atoms with E-state index in [1.54, 1.807) is 25.7 Å². The van der Waals surface area contributed by atoms with E-state index < -0.39 is 0 Å². The van der Waals surface area contributed by atoms with Crippen molar-refractivity contribution in [2.24, 2.45) is 0 Å². The van der Waals surface area contributed by atoms with Gasteiger partial charge in [-0.2, -0.15) is 0 Å². The lowest BCUT2D eigenvalue weighted by Gasteiger charge is -1.95. The highest BCUT2D eigenvalue weighted by atomic mass is 32.1. The Morgan fingerprint density at radius 3 is 2.75 bits per heavy atom. The molecule has 0 amide bonds. The van der Waals surface area contributed by atoms with E-state index in [0.29, 0.717) is 11.7 Å². The second-order valence-electron chi connectivity index (χ2n) is 3.76. The van der Waals surface area contributed by atoms with Crippen LogP contribution in [0.5, 0.6) is 0 Å². The predicted octanol–water partition coefficient (Wildman–Crippen LogP) is 1.85. The minimum atomic E-state index is 0.394. The monoisotopic (exact) mass is 306 g/mol. The lowest BCUT2D eigenvalue weighted by atomic mass is 10.4. The minimum absolute atomic E-state index is 0.394. The van der Waals surface area contributed by atoms with Crippen molar-refractivity contribution in [2.75, 3.05) is 12.8 Å². The number of anilines is 1. The van der Waals surface area contributed by atoms with Crippen LogP contribution in [-0.4, -0.2) is 32.3 Å². The standard InChI is InChI=1S/C11H10N6OS2/c1-18-5-7-8(10-16-17-11(12)20-10)19-9(15-7)6-4-13-2-3-14-6/h2-4H,5H2,1H3,(H2,12,17). The van der Waals surface area contributed by atoms with Gasteiger partial charge in [0.2, 0.25) is 5.13 Å². The lowest BCUT2D eigenvalue weighted by molar-refractivity contribution is 0.182. The molecule has 7 nitrogen and oxygen atoms in total. The van der Waals surface area contributed by atoms with Crippen molar-refractivity contribution < 1.29 is 4.74 Å². The summed E-state index contributed by atoms with van der Waals surface area (Å²) in [6, 6.07) is 0. The van der Waals surface area contributed by atoms with Crippen molar-refractivity contribution in [3.8, 4) is 20.6 Å². The minimum Gasteiger partial charge on any atom is -0.378 e. The summed E-state index contributed by atoms with van der Waals surface area (Å²) >= 11 is 2.80. The molecular formula is C11H10N6OS2. The van der Waals surface area contributed by atoms with Gasteiger partial charge in [-0.05, 0) is 0 Å². The number of hydrogen-bond acceptors (Lipinski definition) is 9. The molecule has 0 aliphatic heterocycles. The number of thiazole rings is 1. The first kappa shape index (κ1) is 13.0. The van der Waals surface area contributed by atoms with Crippen LogP contribution in [0, 0.1) is 0 Å². The Hall–Kier alpha value is -1.97. The van der Waals surface area contributed by atoms with Gasteiger partial charge in [0, 0.05) is 19.5 Å². The highest BCUT2D eigenvalue weighted by molar-refractivity contribution is 7.24. The molecule has 3 aromatic heterocycles. The fraction of sp³-hybridized carbons (Fsp3) is 0.182. The first-order valence-corrected chi connectivity index (χ1v) is 7.25. The molecule has 0 unspecified atom stereocenters. The number of rotatable bonds is 4. The zero-order valence-electron chi connectivity index (χ0n) is 10.5. The average molecular weight is 306 g/mol.